The van der Waals surface area contributed by atoms with E-state index in [4.69, 9.17) is 9.72 Å². The lowest BCUT2D eigenvalue weighted by atomic mass is 9.99. The highest BCUT2D eigenvalue weighted by Gasteiger charge is 2.16. The number of aromatic nitrogens is 1. The van der Waals surface area contributed by atoms with Gasteiger partial charge in [-0.1, -0.05) is 60.7 Å². The van der Waals surface area contributed by atoms with Crippen molar-refractivity contribution < 1.29 is 19.2 Å². The van der Waals surface area contributed by atoms with Crippen molar-refractivity contribution in [2.75, 3.05) is 31.6 Å². The Labute approximate surface area is 228 Å². The minimum Gasteiger partial charge on any atom is -0.456 e. The minimum atomic E-state index is -0.362. The summed E-state index contributed by atoms with van der Waals surface area (Å²) < 4.78 is 5.43. The van der Waals surface area contributed by atoms with E-state index in [0.717, 1.165) is 52.6 Å². The summed E-state index contributed by atoms with van der Waals surface area (Å²) in [5.74, 6) is -0.605. The molecule has 2 N–H and O–H groups in total. The average Bonchev–Trinajstić information content (AvgIpc) is 2.98. The molecule has 0 spiro atoms. The number of benzene rings is 4. The minimum absolute atomic E-state index is 0.243. The number of hydrogen-bond acceptors (Lipinski definition) is 4. The molecule has 0 aliphatic heterocycles. The molecule has 1 heterocycles. The van der Waals surface area contributed by atoms with E-state index in [1.807, 2.05) is 54.6 Å². The van der Waals surface area contributed by atoms with Gasteiger partial charge in [0, 0.05) is 16.6 Å². The zero-order valence-electron chi connectivity index (χ0n) is 22.2. The number of hydrogen-bond donors (Lipinski definition) is 2. The van der Waals surface area contributed by atoms with Gasteiger partial charge in [-0.2, -0.15) is 0 Å². The summed E-state index contributed by atoms with van der Waals surface area (Å²) in [7, 11) is 0. The summed E-state index contributed by atoms with van der Waals surface area (Å²) in [4.78, 5) is 32.2. The van der Waals surface area contributed by atoms with Crippen molar-refractivity contribution in [3.8, 4) is 11.3 Å². The number of fused-ring (bicyclic) bond motifs is 2. The normalized spacial score (nSPS) is 11.2. The van der Waals surface area contributed by atoms with Gasteiger partial charge in [-0.25, -0.2) is 9.78 Å². The third-order valence-electron chi connectivity index (χ3n) is 7.09. The van der Waals surface area contributed by atoms with E-state index in [9.17, 15) is 9.59 Å². The molecule has 0 bridgehead atoms. The summed E-state index contributed by atoms with van der Waals surface area (Å²) in [5.41, 5.74) is 4.04. The number of nitrogens with one attached hydrogen (secondary N) is 2. The molecule has 6 heteroatoms. The molecule has 0 fully saturated rings. The molecule has 0 atom stereocenters. The third-order valence-corrected chi connectivity index (χ3v) is 7.09. The van der Waals surface area contributed by atoms with Crippen molar-refractivity contribution >= 4 is 39.2 Å². The van der Waals surface area contributed by atoms with Crippen LogP contribution in [0.3, 0.4) is 0 Å². The first-order chi connectivity index (χ1) is 19.1. The number of pyridine rings is 1. The Kier molecular flexibility index (Phi) is 7.94. The number of anilines is 1. The van der Waals surface area contributed by atoms with Crippen LogP contribution in [-0.4, -0.2) is 43.1 Å². The van der Waals surface area contributed by atoms with Crippen molar-refractivity contribution in [3.63, 3.8) is 0 Å². The van der Waals surface area contributed by atoms with Crippen molar-refractivity contribution in [1.82, 2.24) is 4.98 Å². The standard InChI is InChI=1S/C33H31N3O3/c1-3-36(4-2)20-21-39-33(38)24-16-18-25(19-17-24)34-32(37)29-22-31(35-30-15-8-7-13-28(29)30)27-14-9-11-23-10-5-6-12-26(23)27/h5-19,22H,3-4,20-21H2,1-2H3,(H,34,37)/p+1. The molecule has 0 saturated heterocycles. The predicted octanol–water partition coefficient (Wildman–Crippen LogP) is 5.39. The fraction of sp³-hybridized carbons (Fsp3) is 0.182. The van der Waals surface area contributed by atoms with E-state index < -0.39 is 0 Å². The Bertz CT molecular complexity index is 1620. The first kappa shape index (κ1) is 26.1. The predicted molar refractivity (Wildman–Crippen MR) is 156 cm³/mol. The Hall–Kier alpha value is -4.55. The third kappa shape index (κ3) is 5.81. The molecule has 0 aliphatic carbocycles. The molecular formula is C33H32N3O3+. The highest BCUT2D eigenvalue weighted by atomic mass is 16.5. The molecule has 1 amide bonds. The van der Waals surface area contributed by atoms with Crippen LogP contribution in [0.4, 0.5) is 5.69 Å². The summed E-state index contributed by atoms with van der Waals surface area (Å²) in [6.45, 7) is 7.40. The van der Waals surface area contributed by atoms with Crippen LogP contribution in [0.1, 0.15) is 34.6 Å². The zero-order valence-corrected chi connectivity index (χ0v) is 22.2. The van der Waals surface area contributed by atoms with Gasteiger partial charge in [-0.3, -0.25) is 4.79 Å². The van der Waals surface area contributed by atoms with E-state index in [-0.39, 0.29) is 11.9 Å². The number of nitrogens with zero attached hydrogens (tertiary/aromatic N) is 1. The number of likely N-dealkylation sites (N-methyl/N-ethyl adjacent to an activating group) is 1. The van der Waals surface area contributed by atoms with Crippen LogP contribution in [0.25, 0.3) is 32.9 Å². The van der Waals surface area contributed by atoms with Crippen LogP contribution >= 0.6 is 0 Å². The number of carbonyl (C=O) groups is 2. The van der Waals surface area contributed by atoms with Crippen LogP contribution < -0.4 is 10.2 Å². The monoisotopic (exact) mass is 518 g/mol. The van der Waals surface area contributed by atoms with Crippen molar-refractivity contribution in [2.45, 2.75) is 13.8 Å². The molecule has 0 saturated carbocycles. The van der Waals surface area contributed by atoms with Gasteiger partial charge in [-0.05, 0) is 61.0 Å². The molecule has 5 aromatic rings. The molecule has 4 aromatic carbocycles. The number of quaternary nitrogens is 1. The van der Waals surface area contributed by atoms with Gasteiger partial charge in [0.2, 0.25) is 0 Å². The van der Waals surface area contributed by atoms with Gasteiger partial charge in [-0.15, -0.1) is 0 Å². The van der Waals surface area contributed by atoms with E-state index in [1.165, 1.54) is 4.90 Å². The van der Waals surface area contributed by atoms with Crippen molar-refractivity contribution in [2.24, 2.45) is 0 Å². The fourth-order valence-corrected chi connectivity index (χ4v) is 4.81. The molecule has 0 radical (unpaired) electrons. The first-order valence-corrected chi connectivity index (χ1v) is 13.4. The number of amides is 1. The largest absolute Gasteiger partial charge is 0.456 e. The smallest absolute Gasteiger partial charge is 0.338 e. The SMILES string of the molecule is CC[NH+](CC)CCOC(=O)c1ccc(NC(=O)c2cc(-c3cccc4ccccc34)nc3ccccc23)cc1. The number of ether oxygens (including phenoxy) is 1. The van der Waals surface area contributed by atoms with Gasteiger partial charge in [0.05, 0.1) is 35.4 Å². The van der Waals surface area contributed by atoms with Gasteiger partial charge >= 0.3 is 5.97 Å². The van der Waals surface area contributed by atoms with E-state index in [2.05, 4.69) is 37.4 Å². The lowest BCUT2D eigenvalue weighted by Crippen LogP contribution is -3.11. The second-order valence-corrected chi connectivity index (χ2v) is 9.47. The second kappa shape index (κ2) is 11.9. The quantitative estimate of drug-likeness (QED) is 0.257. The molecular weight excluding hydrogens is 486 g/mol. The molecule has 1 aromatic heterocycles. The number of carbonyl (C=O) groups excluding carboxylic acids is 2. The van der Waals surface area contributed by atoms with Gasteiger partial charge in [0.25, 0.3) is 5.91 Å². The molecule has 5 rings (SSSR count). The van der Waals surface area contributed by atoms with Gasteiger partial charge in [0.1, 0.15) is 13.2 Å². The Morgan fingerprint density at radius 3 is 2.28 bits per heavy atom. The van der Waals surface area contributed by atoms with Crippen LogP contribution in [0.2, 0.25) is 0 Å². The highest BCUT2D eigenvalue weighted by molar-refractivity contribution is 6.13. The second-order valence-electron chi connectivity index (χ2n) is 9.47. The van der Waals surface area contributed by atoms with Crippen LogP contribution in [0, 0.1) is 0 Å². The molecule has 196 valence electrons. The summed E-state index contributed by atoms with van der Waals surface area (Å²) in [5, 5.41) is 5.95. The lowest BCUT2D eigenvalue weighted by Gasteiger charge is -2.15. The van der Waals surface area contributed by atoms with Crippen molar-refractivity contribution in [1.29, 1.82) is 0 Å². The maximum Gasteiger partial charge on any atom is 0.338 e. The van der Waals surface area contributed by atoms with Crippen LogP contribution in [-0.2, 0) is 4.74 Å². The topological polar surface area (TPSA) is 72.7 Å². The zero-order chi connectivity index (χ0) is 27.2. The summed E-state index contributed by atoms with van der Waals surface area (Å²) >= 11 is 0. The average molecular weight is 519 g/mol. The van der Waals surface area contributed by atoms with E-state index in [1.54, 1.807) is 24.3 Å². The number of rotatable bonds is 9. The number of esters is 1. The van der Waals surface area contributed by atoms with Gasteiger partial charge < -0.3 is 15.0 Å². The Morgan fingerprint density at radius 1 is 0.821 bits per heavy atom. The van der Waals surface area contributed by atoms with E-state index >= 15 is 0 Å². The maximum atomic E-state index is 13.5. The van der Waals surface area contributed by atoms with Crippen LogP contribution in [0.15, 0.2) is 97.1 Å². The Morgan fingerprint density at radius 2 is 1.51 bits per heavy atom. The molecule has 0 unspecified atom stereocenters. The summed E-state index contributed by atoms with van der Waals surface area (Å²) in [6, 6.07) is 30.6. The first-order valence-electron chi connectivity index (χ1n) is 13.4. The molecule has 6 nitrogen and oxygen atoms in total. The van der Waals surface area contributed by atoms with Crippen LogP contribution in [0.5, 0.6) is 0 Å². The summed E-state index contributed by atoms with van der Waals surface area (Å²) in [6.07, 6.45) is 0. The van der Waals surface area contributed by atoms with E-state index in [0.29, 0.717) is 23.4 Å². The van der Waals surface area contributed by atoms with Gasteiger partial charge in [0.15, 0.2) is 0 Å². The molecule has 39 heavy (non-hydrogen) atoms. The fourth-order valence-electron chi connectivity index (χ4n) is 4.81. The highest BCUT2D eigenvalue weighted by Crippen LogP contribution is 2.31. The maximum absolute atomic E-state index is 13.5. The number of para-hydroxylation sites is 1. The molecule has 0 aliphatic rings. The lowest BCUT2D eigenvalue weighted by molar-refractivity contribution is -0.896. The Balaban J connectivity index is 1.38. The van der Waals surface area contributed by atoms with Crippen molar-refractivity contribution in [3.05, 3.63) is 108 Å².